The minimum atomic E-state index is 0.210. The summed E-state index contributed by atoms with van der Waals surface area (Å²) in [5.41, 5.74) is 1.60. The van der Waals surface area contributed by atoms with Crippen LogP contribution in [0.1, 0.15) is 24.8 Å². The van der Waals surface area contributed by atoms with Crippen molar-refractivity contribution in [3.63, 3.8) is 0 Å². The molecule has 0 atom stereocenters. The molecule has 1 heterocycles. The van der Waals surface area contributed by atoms with Crippen LogP contribution in [0, 0.1) is 0 Å². The van der Waals surface area contributed by atoms with Gasteiger partial charge in [0.15, 0.2) is 0 Å². The van der Waals surface area contributed by atoms with E-state index in [2.05, 4.69) is 35.6 Å². The molecule has 1 saturated heterocycles. The lowest BCUT2D eigenvalue weighted by atomic mass is 9.71. The number of hydrogen-bond donors (Lipinski definition) is 2. The summed E-state index contributed by atoms with van der Waals surface area (Å²) in [6.07, 6.45) is 3.16. The standard InChI is InChI=1S/C13H19NO/c15-11-8-13(6-9-14-10-7-13)12-4-2-1-3-5-12/h1-5,14-15H,6-11H2. The Morgan fingerprint density at radius 2 is 1.80 bits per heavy atom. The molecule has 1 fully saturated rings. The maximum atomic E-state index is 9.22. The molecule has 82 valence electrons. The number of hydrogen-bond acceptors (Lipinski definition) is 2. The van der Waals surface area contributed by atoms with Crippen LogP contribution in [0.2, 0.25) is 0 Å². The van der Waals surface area contributed by atoms with Gasteiger partial charge >= 0.3 is 0 Å². The number of piperidine rings is 1. The summed E-state index contributed by atoms with van der Waals surface area (Å²) in [7, 11) is 0. The number of rotatable bonds is 3. The van der Waals surface area contributed by atoms with Crippen molar-refractivity contribution < 1.29 is 5.11 Å². The molecular weight excluding hydrogens is 186 g/mol. The summed E-state index contributed by atoms with van der Waals surface area (Å²) in [5.74, 6) is 0. The van der Waals surface area contributed by atoms with E-state index in [1.165, 1.54) is 5.56 Å². The first-order valence-electron chi connectivity index (χ1n) is 5.74. The Morgan fingerprint density at radius 3 is 2.40 bits per heavy atom. The van der Waals surface area contributed by atoms with Crippen LogP contribution in [-0.4, -0.2) is 24.8 Å². The fourth-order valence-electron chi connectivity index (χ4n) is 2.59. The van der Waals surface area contributed by atoms with Crippen molar-refractivity contribution >= 4 is 0 Å². The second-order valence-corrected chi connectivity index (χ2v) is 4.37. The van der Waals surface area contributed by atoms with Gasteiger partial charge in [0.2, 0.25) is 0 Å². The first-order chi connectivity index (χ1) is 7.37. The van der Waals surface area contributed by atoms with E-state index in [4.69, 9.17) is 0 Å². The van der Waals surface area contributed by atoms with Crippen molar-refractivity contribution in [1.29, 1.82) is 0 Å². The SMILES string of the molecule is OCCC1(c2ccccc2)CCNCC1. The van der Waals surface area contributed by atoms with Gasteiger partial charge in [-0.2, -0.15) is 0 Å². The van der Waals surface area contributed by atoms with Crippen molar-refractivity contribution in [3.05, 3.63) is 35.9 Å². The molecule has 0 radical (unpaired) electrons. The number of benzene rings is 1. The fourth-order valence-corrected chi connectivity index (χ4v) is 2.59. The lowest BCUT2D eigenvalue weighted by Gasteiger charge is -2.38. The van der Waals surface area contributed by atoms with Gasteiger partial charge in [-0.25, -0.2) is 0 Å². The van der Waals surface area contributed by atoms with Gasteiger partial charge in [0, 0.05) is 6.61 Å². The predicted molar refractivity (Wildman–Crippen MR) is 61.9 cm³/mol. The average molecular weight is 205 g/mol. The quantitative estimate of drug-likeness (QED) is 0.787. The van der Waals surface area contributed by atoms with Crippen LogP contribution in [0.15, 0.2) is 30.3 Å². The molecule has 2 nitrogen and oxygen atoms in total. The highest BCUT2D eigenvalue weighted by Gasteiger charge is 2.32. The van der Waals surface area contributed by atoms with Gasteiger partial charge < -0.3 is 10.4 Å². The first-order valence-corrected chi connectivity index (χ1v) is 5.74. The smallest absolute Gasteiger partial charge is 0.0439 e. The lowest BCUT2D eigenvalue weighted by Crippen LogP contribution is -2.40. The highest BCUT2D eigenvalue weighted by atomic mass is 16.3. The van der Waals surface area contributed by atoms with Crippen molar-refractivity contribution in [3.8, 4) is 0 Å². The molecule has 1 aliphatic heterocycles. The number of aliphatic hydroxyl groups excluding tert-OH is 1. The van der Waals surface area contributed by atoms with E-state index in [0.717, 1.165) is 32.4 Å². The Labute approximate surface area is 91.3 Å². The monoisotopic (exact) mass is 205 g/mol. The van der Waals surface area contributed by atoms with E-state index in [1.807, 2.05) is 0 Å². The number of nitrogens with one attached hydrogen (secondary N) is 1. The summed E-state index contributed by atoms with van der Waals surface area (Å²) < 4.78 is 0. The minimum absolute atomic E-state index is 0.210. The molecule has 0 unspecified atom stereocenters. The van der Waals surface area contributed by atoms with Crippen molar-refractivity contribution in [2.45, 2.75) is 24.7 Å². The number of aliphatic hydroxyl groups is 1. The fraction of sp³-hybridized carbons (Fsp3) is 0.538. The van der Waals surface area contributed by atoms with Crippen LogP contribution in [0.3, 0.4) is 0 Å². The van der Waals surface area contributed by atoms with E-state index in [-0.39, 0.29) is 12.0 Å². The Hall–Kier alpha value is -0.860. The van der Waals surface area contributed by atoms with Crippen LogP contribution in [0.25, 0.3) is 0 Å². The molecule has 0 spiro atoms. The Bertz CT molecular complexity index is 285. The Balaban J connectivity index is 2.25. The van der Waals surface area contributed by atoms with Crippen LogP contribution >= 0.6 is 0 Å². The Morgan fingerprint density at radius 1 is 1.13 bits per heavy atom. The van der Waals surface area contributed by atoms with Gasteiger partial charge in [0.25, 0.3) is 0 Å². The summed E-state index contributed by atoms with van der Waals surface area (Å²) in [4.78, 5) is 0. The zero-order chi connectivity index (χ0) is 10.6. The molecule has 0 bridgehead atoms. The molecule has 1 aliphatic rings. The summed E-state index contributed by atoms with van der Waals surface area (Å²) in [6.45, 7) is 2.42. The van der Waals surface area contributed by atoms with Gasteiger partial charge in [-0.1, -0.05) is 30.3 Å². The highest BCUT2D eigenvalue weighted by molar-refractivity contribution is 5.26. The van der Waals surface area contributed by atoms with Crippen molar-refractivity contribution in [2.75, 3.05) is 19.7 Å². The average Bonchev–Trinajstić information content (AvgIpc) is 2.32. The largest absolute Gasteiger partial charge is 0.396 e. The second-order valence-electron chi connectivity index (χ2n) is 4.37. The Kier molecular flexibility index (Phi) is 3.39. The molecule has 1 aromatic rings. The van der Waals surface area contributed by atoms with E-state index >= 15 is 0 Å². The van der Waals surface area contributed by atoms with Crippen LogP contribution in [0.5, 0.6) is 0 Å². The normalized spacial score (nSPS) is 20.1. The zero-order valence-electron chi connectivity index (χ0n) is 9.08. The van der Waals surface area contributed by atoms with E-state index < -0.39 is 0 Å². The first kappa shape index (κ1) is 10.7. The maximum Gasteiger partial charge on any atom is 0.0439 e. The van der Waals surface area contributed by atoms with E-state index in [9.17, 15) is 5.11 Å². The maximum absolute atomic E-state index is 9.22. The van der Waals surface area contributed by atoms with Gasteiger partial charge in [0.1, 0.15) is 0 Å². The van der Waals surface area contributed by atoms with Gasteiger partial charge in [-0.3, -0.25) is 0 Å². The van der Waals surface area contributed by atoms with Crippen LogP contribution in [-0.2, 0) is 5.41 Å². The minimum Gasteiger partial charge on any atom is -0.396 e. The predicted octanol–water partition coefficient (Wildman–Crippen LogP) is 1.69. The summed E-state index contributed by atoms with van der Waals surface area (Å²) >= 11 is 0. The molecular formula is C13H19NO. The molecule has 2 N–H and O–H groups in total. The third-order valence-corrected chi connectivity index (χ3v) is 3.54. The molecule has 2 heteroatoms. The topological polar surface area (TPSA) is 32.3 Å². The summed E-state index contributed by atoms with van der Waals surface area (Å²) in [6, 6.07) is 10.6. The zero-order valence-corrected chi connectivity index (χ0v) is 9.08. The highest BCUT2D eigenvalue weighted by Crippen LogP contribution is 2.36. The molecule has 1 aromatic carbocycles. The molecule has 2 rings (SSSR count). The van der Waals surface area contributed by atoms with E-state index in [1.54, 1.807) is 0 Å². The van der Waals surface area contributed by atoms with Crippen molar-refractivity contribution in [1.82, 2.24) is 5.32 Å². The van der Waals surface area contributed by atoms with Gasteiger partial charge in [0.05, 0.1) is 0 Å². The lowest BCUT2D eigenvalue weighted by molar-refractivity contribution is 0.204. The van der Waals surface area contributed by atoms with Gasteiger partial charge in [-0.05, 0) is 43.3 Å². The van der Waals surface area contributed by atoms with Gasteiger partial charge in [-0.15, -0.1) is 0 Å². The third kappa shape index (κ3) is 2.21. The third-order valence-electron chi connectivity index (χ3n) is 3.54. The molecule has 0 aliphatic carbocycles. The molecule has 0 saturated carbocycles. The molecule has 0 amide bonds. The second kappa shape index (κ2) is 4.77. The van der Waals surface area contributed by atoms with Crippen LogP contribution < -0.4 is 5.32 Å². The van der Waals surface area contributed by atoms with E-state index in [0.29, 0.717) is 0 Å². The van der Waals surface area contributed by atoms with Crippen molar-refractivity contribution in [2.24, 2.45) is 0 Å². The molecule has 0 aromatic heterocycles. The van der Waals surface area contributed by atoms with Crippen LogP contribution in [0.4, 0.5) is 0 Å². The molecule has 15 heavy (non-hydrogen) atoms. The summed E-state index contributed by atoms with van der Waals surface area (Å²) in [5, 5.41) is 12.6.